The molecule has 3 N–H and O–H groups in total. The highest BCUT2D eigenvalue weighted by molar-refractivity contribution is 6.03. The van der Waals surface area contributed by atoms with Crippen LogP contribution in [0.5, 0.6) is 0 Å². The summed E-state index contributed by atoms with van der Waals surface area (Å²) in [5.41, 5.74) is 9.77. The van der Waals surface area contributed by atoms with Gasteiger partial charge in [-0.15, -0.1) is 0 Å². The number of nitrogens with one attached hydrogen (secondary N) is 1. The number of pyridine rings is 1. The van der Waals surface area contributed by atoms with Crippen LogP contribution in [0.15, 0.2) is 36.5 Å². The van der Waals surface area contributed by atoms with E-state index in [1.807, 2.05) is 25.1 Å². The Morgan fingerprint density at radius 2 is 2.05 bits per heavy atom. The molecule has 4 nitrogen and oxygen atoms in total. The number of rotatable bonds is 6. The van der Waals surface area contributed by atoms with Crippen molar-refractivity contribution < 1.29 is 4.79 Å². The fourth-order valence-corrected chi connectivity index (χ4v) is 2.20. The van der Waals surface area contributed by atoms with Crippen LogP contribution in [-0.2, 0) is 6.42 Å². The van der Waals surface area contributed by atoms with E-state index in [0.717, 1.165) is 18.4 Å². The van der Waals surface area contributed by atoms with Crippen LogP contribution in [0.2, 0.25) is 0 Å². The van der Waals surface area contributed by atoms with E-state index in [4.69, 9.17) is 5.73 Å². The summed E-state index contributed by atoms with van der Waals surface area (Å²) in [6.07, 6.45) is 6.38. The van der Waals surface area contributed by atoms with E-state index in [1.165, 1.54) is 18.4 Å². The summed E-state index contributed by atoms with van der Waals surface area (Å²) in [5.74, 6) is -0.219. The van der Waals surface area contributed by atoms with Crippen LogP contribution in [0.1, 0.15) is 47.8 Å². The lowest BCUT2D eigenvalue weighted by atomic mass is 10.1. The van der Waals surface area contributed by atoms with Crippen molar-refractivity contribution in [3.8, 4) is 0 Å². The van der Waals surface area contributed by atoms with Crippen LogP contribution < -0.4 is 11.1 Å². The fourth-order valence-electron chi connectivity index (χ4n) is 2.20. The molecule has 116 valence electrons. The topological polar surface area (TPSA) is 68.0 Å². The number of nitrogens with two attached hydrogens (primary N) is 1. The summed E-state index contributed by atoms with van der Waals surface area (Å²) < 4.78 is 0. The Bertz CT molecular complexity index is 635. The molecule has 0 aliphatic carbocycles. The van der Waals surface area contributed by atoms with Crippen molar-refractivity contribution in [2.75, 3.05) is 11.1 Å². The number of anilines is 2. The molecule has 1 heterocycles. The van der Waals surface area contributed by atoms with Crippen molar-refractivity contribution in [1.29, 1.82) is 0 Å². The lowest BCUT2D eigenvalue weighted by molar-refractivity contribution is 0.102. The summed E-state index contributed by atoms with van der Waals surface area (Å²) in [7, 11) is 0. The highest BCUT2D eigenvalue weighted by atomic mass is 16.1. The van der Waals surface area contributed by atoms with E-state index in [9.17, 15) is 4.79 Å². The minimum atomic E-state index is -0.219. The normalized spacial score (nSPS) is 10.5. The van der Waals surface area contributed by atoms with E-state index in [1.54, 1.807) is 18.3 Å². The van der Waals surface area contributed by atoms with Crippen LogP contribution in [0.3, 0.4) is 0 Å². The molecule has 1 amide bonds. The average Bonchev–Trinajstić information content (AvgIpc) is 2.52. The SMILES string of the molecule is CCCCCc1ccc(C(=O)Nc2ccc(C)c(N)c2)nc1. The van der Waals surface area contributed by atoms with Crippen molar-refractivity contribution in [2.45, 2.75) is 39.5 Å². The third kappa shape index (κ3) is 4.32. The zero-order chi connectivity index (χ0) is 15.9. The predicted octanol–water partition coefficient (Wildman–Crippen LogP) is 3.96. The smallest absolute Gasteiger partial charge is 0.274 e. The number of amides is 1. The summed E-state index contributed by atoms with van der Waals surface area (Å²) in [6.45, 7) is 4.11. The third-order valence-electron chi connectivity index (χ3n) is 3.66. The molecule has 0 unspecified atom stereocenters. The Morgan fingerprint density at radius 3 is 2.68 bits per heavy atom. The highest BCUT2D eigenvalue weighted by Crippen LogP contribution is 2.17. The standard InChI is InChI=1S/C18H23N3O/c1-3-4-5-6-14-8-10-17(20-12-14)18(22)21-15-9-7-13(2)16(19)11-15/h7-12H,3-6,19H2,1-2H3,(H,21,22). The zero-order valence-electron chi connectivity index (χ0n) is 13.2. The molecule has 0 aliphatic heterocycles. The Morgan fingerprint density at radius 1 is 1.23 bits per heavy atom. The number of nitrogen functional groups attached to an aromatic ring is 1. The number of benzene rings is 1. The summed E-state index contributed by atoms with van der Waals surface area (Å²) in [4.78, 5) is 16.4. The van der Waals surface area contributed by atoms with E-state index in [-0.39, 0.29) is 5.91 Å². The van der Waals surface area contributed by atoms with Gasteiger partial charge in [0.1, 0.15) is 5.69 Å². The minimum Gasteiger partial charge on any atom is -0.398 e. The van der Waals surface area contributed by atoms with Gasteiger partial charge in [0.25, 0.3) is 5.91 Å². The van der Waals surface area contributed by atoms with Crippen molar-refractivity contribution in [3.63, 3.8) is 0 Å². The number of unbranched alkanes of at least 4 members (excludes halogenated alkanes) is 2. The molecule has 0 bridgehead atoms. The molecule has 0 spiro atoms. The van der Waals surface area contributed by atoms with Gasteiger partial charge in [-0.05, 0) is 49.1 Å². The molecule has 0 atom stereocenters. The van der Waals surface area contributed by atoms with Gasteiger partial charge in [0, 0.05) is 17.6 Å². The minimum absolute atomic E-state index is 0.219. The monoisotopic (exact) mass is 297 g/mol. The Labute approximate surface area is 131 Å². The third-order valence-corrected chi connectivity index (χ3v) is 3.66. The van der Waals surface area contributed by atoms with Crippen LogP contribution in [0.25, 0.3) is 0 Å². The Kier molecular flexibility index (Phi) is 5.53. The molecule has 4 heteroatoms. The van der Waals surface area contributed by atoms with Gasteiger partial charge < -0.3 is 11.1 Å². The first-order valence-electron chi connectivity index (χ1n) is 7.72. The number of hydrogen-bond donors (Lipinski definition) is 2. The molecule has 0 aliphatic rings. The van der Waals surface area contributed by atoms with Crippen LogP contribution in [-0.4, -0.2) is 10.9 Å². The van der Waals surface area contributed by atoms with Crippen molar-refractivity contribution in [2.24, 2.45) is 0 Å². The maximum atomic E-state index is 12.2. The second-order valence-corrected chi connectivity index (χ2v) is 5.53. The molecule has 0 radical (unpaired) electrons. The van der Waals surface area contributed by atoms with Gasteiger partial charge in [0.2, 0.25) is 0 Å². The van der Waals surface area contributed by atoms with E-state index in [0.29, 0.717) is 17.1 Å². The van der Waals surface area contributed by atoms with Gasteiger partial charge >= 0.3 is 0 Å². The van der Waals surface area contributed by atoms with Crippen LogP contribution in [0, 0.1) is 6.92 Å². The molecule has 1 aromatic heterocycles. The largest absolute Gasteiger partial charge is 0.398 e. The molecular formula is C18H23N3O. The average molecular weight is 297 g/mol. The maximum Gasteiger partial charge on any atom is 0.274 e. The fraction of sp³-hybridized carbons (Fsp3) is 0.333. The maximum absolute atomic E-state index is 12.2. The number of aryl methyl sites for hydroxylation is 2. The zero-order valence-corrected chi connectivity index (χ0v) is 13.2. The predicted molar refractivity (Wildman–Crippen MR) is 91.0 cm³/mol. The Balaban J connectivity index is 1.98. The molecule has 2 aromatic rings. The molecule has 2 rings (SSSR count). The van der Waals surface area contributed by atoms with E-state index in [2.05, 4.69) is 17.2 Å². The van der Waals surface area contributed by atoms with Crippen LogP contribution >= 0.6 is 0 Å². The second kappa shape index (κ2) is 7.59. The quantitative estimate of drug-likeness (QED) is 0.626. The molecule has 0 saturated carbocycles. The van der Waals surface area contributed by atoms with Crippen molar-refractivity contribution in [3.05, 3.63) is 53.3 Å². The van der Waals surface area contributed by atoms with Gasteiger partial charge in [-0.25, -0.2) is 0 Å². The lowest BCUT2D eigenvalue weighted by Crippen LogP contribution is -2.14. The molecule has 22 heavy (non-hydrogen) atoms. The van der Waals surface area contributed by atoms with Crippen LogP contribution in [0.4, 0.5) is 11.4 Å². The first-order chi connectivity index (χ1) is 10.6. The van der Waals surface area contributed by atoms with Crippen molar-refractivity contribution >= 4 is 17.3 Å². The first kappa shape index (κ1) is 16.0. The van der Waals surface area contributed by atoms with Crippen molar-refractivity contribution in [1.82, 2.24) is 4.98 Å². The lowest BCUT2D eigenvalue weighted by Gasteiger charge is -2.07. The second-order valence-electron chi connectivity index (χ2n) is 5.53. The van der Waals surface area contributed by atoms with Gasteiger partial charge in [-0.1, -0.05) is 31.9 Å². The number of hydrogen-bond acceptors (Lipinski definition) is 3. The summed E-state index contributed by atoms with van der Waals surface area (Å²) in [5, 5.41) is 2.82. The number of nitrogens with zero attached hydrogens (tertiary/aromatic N) is 1. The molecular weight excluding hydrogens is 274 g/mol. The molecule has 0 fully saturated rings. The molecule has 0 saturated heterocycles. The number of carbonyl (C=O) groups excluding carboxylic acids is 1. The van der Waals surface area contributed by atoms with E-state index >= 15 is 0 Å². The summed E-state index contributed by atoms with van der Waals surface area (Å²) in [6, 6.07) is 9.22. The first-order valence-corrected chi connectivity index (χ1v) is 7.72. The van der Waals surface area contributed by atoms with Gasteiger partial charge in [0.15, 0.2) is 0 Å². The van der Waals surface area contributed by atoms with E-state index < -0.39 is 0 Å². The highest BCUT2D eigenvalue weighted by Gasteiger charge is 2.08. The summed E-state index contributed by atoms with van der Waals surface area (Å²) >= 11 is 0. The van der Waals surface area contributed by atoms with Gasteiger partial charge in [-0.2, -0.15) is 0 Å². The number of aromatic nitrogens is 1. The van der Waals surface area contributed by atoms with Gasteiger partial charge in [0.05, 0.1) is 0 Å². The van der Waals surface area contributed by atoms with Gasteiger partial charge in [-0.3, -0.25) is 9.78 Å². The number of carbonyl (C=O) groups is 1. The Hall–Kier alpha value is -2.36. The molecule has 1 aromatic carbocycles.